The van der Waals surface area contributed by atoms with Crippen molar-refractivity contribution in [3.8, 4) is 0 Å². The van der Waals surface area contributed by atoms with Crippen molar-refractivity contribution in [1.82, 2.24) is 0 Å². The first-order valence-corrected chi connectivity index (χ1v) is 11.8. The number of thiocarbonyl (C=S) groups is 1. The molecule has 0 spiro atoms. The van der Waals surface area contributed by atoms with E-state index in [-0.39, 0.29) is 11.4 Å². The second kappa shape index (κ2) is 7.95. The van der Waals surface area contributed by atoms with Crippen LogP contribution in [-0.4, -0.2) is 21.8 Å². The number of amides is 1. The maximum Gasteiger partial charge on any atom is 0.270 e. The molecule has 5 heteroatoms. The summed E-state index contributed by atoms with van der Waals surface area (Å²) < 4.78 is 0.571. The van der Waals surface area contributed by atoms with Crippen LogP contribution in [0.2, 0.25) is 0 Å². The molecule has 4 rings (SSSR count). The predicted molar refractivity (Wildman–Crippen MR) is 139 cm³/mol. The van der Waals surface area contributed by atoms with Crippen LogP contribution in [0.15, 0.2) is 53.4 Å². The second-order valence-electron chi connectivity index (χ2n) is 9.02. The average molecular weight is 449 g/mol. The molecule has 0 aromatic heterocycles. The molecule has 0 radical (unpaired) electrons. The molecular weight excluding hydrogens is 420 g/mol. The first-order chi connectivity index (χ1) is 14.6. The molecule has 0 N–H and O–H groups in total. The SMILES string of the molecule is CC1=CC(C)(C)N(C(C)C)c2cc(C)c(/C=C3\SC(=S)N(c4ccccc4)C3=O)cc21. The lowest BCUT2D eigenvalue weighted by molar-refractivity contribution is -0.113. The fourth-order valence-corrected chi connectivity index (χ4v) is 6.01. The third-order valence-electron chi connectivity index (χ3n) is 5.87. The minimum Gasteiger partial charge on any atom is -0.360 e. The van der Waals surface area contributed by atoms with Gasteiger partial charge in [0.15, 0.2) is 4.32 Å². The zero-order valence-corrected chi connectivity index (χ0v) is 20.5. The number of allylic oxidation sites excluding steroid dienone is 1. The fourth-order valence-electron chi connectivity index (χ4n) is 4.72. The summed E-state index contributed by atoms with van der Waals surface area (Å²) in [4.78, 5) is 17.9. The quantitative estimate of drug-likeness (QED) is 0.380. The van der Waals surface area contributed by atoms with Crippen molar-refractivity contribution in [1.29, 1.82) is 0 Å². The number of rotatable bonds is 3. The maximum atomic E-state index is 13.1. The van der Waals surface area contributed by atoms with E-state index in [0.29, 0.717) is 15.3 Å². The number of benzene rings is 2. The second-order valence-corrected chi connectivity index (χ2v) is 10.7. The van der Waals surface area contributed by atoms with Gasteiger partial charge in [-0.1, -0.05) is 48.3 Å². The maximum absolute atomic E-state index is 13.1. The Labute approximate surface area is 194 Å². The Kier molecular flexibility index (Phi) is 5.61. The van der Waals surface area contributed by atoms with Gasteiger partial charge < -0.3 is 4.90 Å². The molecule has 0 atom stereocenters. The summed E-state index contributed by atoms with van der Waals surface area (Å²) in [6.07, 6.45) is 4.33. The summed E-state index contributed by atoms with van der Waals surface area (Å²) in [5.74, 6) is -0.0597. The molecule has 3 nitrogen and oxygen atoms in total. The van der Waals surface area contributed by atoms with Crippen molar-refractivity contribution in [2.24, 2.45) is 0 Å². The van der Waals surface area contributed by atoms with Crippen LogP contribution in [0.4, 0.5) is 11.4 Å². The monoisotopic (exact) mass is 448 g/mol. The molecule has 0 saturated carbocycles. The molecule has 1 fully saturated rings. The number of aryl methyl sites for hydroxylation is 1. The van der Waals surface area contributed by atoms with E-state index in [2.05, 4.69) is 64.7 Å². The minimum atomic E-state index is -0.0597. The minimum absolute atomic E-state index is 0.0443. The van der Waals surface area contributed by atoms with Gasteiger partial charge in [-0.15, -0.1) is 0 Å². The first kappa shape index (κ1) is 21.8. The lowest BCUT2D eigenvalue weighted by Gasteiger charge is -2.46. The number of carbonyl (C=O) groups is 1. The number of hydrogen-bond donors (Lipinski definition) is 0. The van der Waals surface area contributed by atoms with E-state index in [0.717, 1.165) is 16.8 Å². The molecule has 0 aliphatic carbocycles. The summed E-state index contributed by atoms with van der Waals surface area (Å²) in [5, 5.41) is 0. The normalized spacial score (nSPS) is 19.3. The number of hydrogen-bond acceptors (Lipinski definition) is 4. The van der Waals surface area contributed by atoms with E-state index in [1.165, 1.54) is 28.6 Å². The highest BCUT2D eigenvalue weighted by Crippen LogP contribution is 2.43. The van der Waals surface area contributed by atoms with E-state index >= 15 is 0 Å². The average Bonchev–Trinajstić information content (AvgIpc) is 2.96. The fraction of sp³-hybridized carbons (Fsp3) is 0.308. The van der Waals surface area contributed by atoms with Gasteiger partial charge in [0.25, 0.3) is 5.91 Å². The molecule has 160 valence electrons. The molecule has 2 aliphatic rings. The van der Waals surface area contributed by atoms with E-state index in [1.54, 1.807) is 4.90 Å². The molecule has 1 amide bonds. The third-order valence-corrected chi connectivity index (χ3v) is 7.17. The zero-order chi connectivity index (χ0) is 22.5. The molecule has 31 heavy (non-hydrogen) atoms. The Morgan fingerprint density at radius 2 is 1.77 bits per heavy atom. The van der Waals surface area contributed by atoms with Gasteiger partial charge in [0.2, 0.25) is 0 Å². The lowest BCUT2D eigenvalue weighted by atomic mass is 9.86. The van der Waals surface area contributed by atoms with Crippen LogP contribution in [0.25, 0.3) is 11.6 Å². The molecule has 2 aromatic rings. The highest BCUT2D eigenvalue weighted by Gasteiger charge is 2.35. The van der Waals surface area contributed by atoms with Gasteiger partial charge in [-0.3, -0.25) is 9.69 Å². The van der Waals surface area contributed by atoms with Crippen molar-refractivity contribution in [3.05, 3.63) is 70.1 Å². The highest BCUT2D eigenvalue weighted by molar-refractivity contribution is 8.27. The summed E-state index contributed by atoms with van der Waals surface area (Å²) in [6, 6.07) is 14.5. The summed E-state index contributed by atoms with van der Waals surface area (Å²) in [7, 11) is 0. The topological polar surface area (TPSA) is 23.6 Å². The molecule has 2 aliphatic heterocycles. The number of carbonyl (C=O) groups excluding carboxylic acids is 1. The predicted octanol–water partition coefficient (Wildman–Crippen LogP) is 6.81. The highest BCUT2D eigenvalue weighted by atomic mass is 32.2. The number of para-hydroxylation sites is 1. The smallest absolute Gasteiger partial charge is 0.270 e. The standard InChI is InChI=1S/C26H28N2OS2/c1-16(2)28-22-12-17(3)19(13-21(22)18(4)15-26(28,5)6)14-23-24(29)27(25(30)31-23)20-10-8-7-9-11-20/h7-16H,1-6H3/b23-14-. The van der Waals surface area contributed by atoms with Crippen LogP contribution in [0, 0.1) is 6.92 Å². The molecule has 1 saturated heterocycles. The van der Waals surface area contributed by atoms with Gasteiger partial charge in [-0.05, 0) is 88.6 Å². The van der Waals surface area contributed by atoms with Crippen molar-refractivity contribution in [3.63, 3.8) is 0 Å². The van der Waals surface area contributed by atoms with Crippen molar-refractivity contribution in [2.45, 2.75) is 53.1 Å². The molecule has 0 unspecified atom stereocenters. The van der Waals surface area contributed by atoms with Gasteiger partial charge in [-0.2, -0.15) is 0 Å². The summed E-state index contributed by atoms with van der Waals surface area (Å²) >= 11 is 6.89. The van der Waals surface area contributed by atoms with E-state index in [9.17, 15) is 4.79 Å². The Bertz CT molecular complexity index is 1130. The van der Waals surface area contributed by atoms with Gasteiger partial charge >= 0.3 is 0 Å². The Morgan fingerprint density at radius 3 is 2.42 bits per heavy atom. The van der Waals surface area contributed by atoms with Gasteiger partial charge in [0.1, 0.15) is 0 Å². The Morgan fingerprint density at radius 1 is 1.10 bits per heavy atom. The molecule has 0 bridgehead atoms. The van der Waals surface area contributed by atoms with E-state index in [4.69, 9.17) is 12.2 Å². The third kappa shape index (κ3) is 3.85. The Balaban J connectivity index is 1.76. The summed E-state index contributed by atoms with van der Waals surface area (Å²) in [6.45, 7) is 13.3. The van der Waals surface area contributed by atoms with Crippen LogP contribution < -0.4 is 9.80 Å². The summed E-state index contributed by atoms with van der Waals surface area (Å²) in [5.41, 5.74) is 6.72. The van der Waals surface area contributed by atoms with Gasteiger partial charge in [0.05, 0.1) is 16.1 Å². The molecular formula is C26H28N2OS2. The van der Waals surface area contributed by atoms with Crippen molar-refractivity contribution < 1.29 is 4.79 Å². The van der Waals surface area contributed by atoms with Crippen molar-refractivity contribution in [2.75, 3.05) is 9.80 Å². The zero-order valence-electron chi connectivity index (χ0n) is 18.9. The van der Waals surface area contributed by atoms with Crippen LogP contribution in [0.3, 0.4) is 0 Å². The largest absolute Gasteiger partial charge is 0.360 e. The van der Waals surface area contributed by atoms with Crippen LogP contribution in [-0.2, 0) is 4.79 Å². The van der Waals surface area contributed by atoms with Gasteiger partial charge in [0, 0.05) is 17.3 Å². The van der Waals surface area contributed by atoms with Crippen molar-refractivity contribution >= 4 is 57.2 Å². The van der Waals surface area contributed by atoms with E-state index < -0.39 is 0 Å². The van der Waals surface area contributed by atoms with Crippen LogP contribution >= 0.6 is 24.0 Å². The number of fused-ring (bicyclic) bond motifs is 1. The van der Waals surface area contributed by atoms with Crippen LogP contribution in [0.1, 0.15) is 51.3 Å². The van der Waals surface area contributed by atoms with Gasteiger partial charge in [-0.25, -0.2) is 0 Å². The Hall–Kier alpha value is -2.37. The number of thioether (sulfide) groups is 1. The van der Waals surface area contributed by atoms with Crippen LogP contribution in [0.5, 0.6) is 0 Å². The number of nitrogens with zero attached hydrogens (tertiary/aromatic N) is 2. The van der Waals surface area contributed by atoms with E-state index in [1.807, 2.05) is 36.4 Å². The number of anilines is 2. The lowest BCUT2D eigenvalue weighted by Crippen LogP contribution is -2.49. The first-order valence-electron chi connectivity index (χ1n) is 10.6. The molecule has 2 aromatic carbocycles. The molecule has 2 heterocycles.